The first kappa shape index (κ1) is 41.0. The number of nitrogens with zero attached hydrogens (tertiary/aromatic N) is 1. The SMILES string of the molecule is CCCCCCCCCCCCCCCCC(CCCCCCCCCCCCCC)C(=O)[P-]C(O)C[N+](C)(C)C. The third kappa shape index (κ3) is 31.3. The van der Waals surface area contributed by atoms with E-state index in [1.165, 1.54) is 167 Å². The van der Waals surface area contributed by atoms with Crippen molar-refractivity contribution in [2.24, 2.45) is 5.92 Å². The molecule has 0 bridgehead atoms. The Labute approximate surface area is 261 Å². The summed E-state index contributed by atoms with van der Waals surface area (Å²) >= 11 is 0. The Bertz CT molecular complexity index is 548. The summed E-state index contributed by atoms with van der Waals surface area (Å²) in [6.07, 6.45) is 37.6. The van der Waals surface area contributed by atoms with Gasteiger partial charge in [0.1, 0.15) is 0 Å². The molecule has 0 saturated carbocycles. The summed E-state index contributed by atoms with van der Waals surface area (Å²) < 4.78 is 0.698. The Morgan fingerprint density at radius 3 is 1.05 bits per heavy atom. The number of likely N-dealkylation sites (N-methyl/N-ethyl adjacent to an activating group) is 1. The second-order valence-electron chi connectivity index (χ2n) is 14.2. The highest BCUT2D eigenvalue weighted by molar-refractivity contribution is 7.58. The van der Waals surface area contributed by atoms with Crippen molar-refractivity contribution < 1.29 is 14.4 Å². The van der Waals surface area contributed by atoms with Crippen LogP contribution in [0.25, 0.3) is 0 Å². The van der Waals surface area contributed by atoms with Crippen LogP contribution in [0.2, 0.25) is 0 Å². The maximum atomic E-state index is 13.2. The first-order valence-corrected chi connectivity index (χ1v) is 19.5. The van der Waals surface area contributed by atoms with Gasteiger partial charge in [-0.3, -0.25) is 0 Å². The molecule has 0 aromatic rings. The van der Waals surface area contributed by atoms with Gasteiger partial charge in [-0.1, -0.05) is 181 Å². The molecule has 2 unspecified atom stereocenters. The number of aliphatic hydroxyl groups is 1. The summed E-state index contributed by atoms with van der Waals surface area (Å²) in [5.41, 5.74) is 0.295. The molecule has 0 saturated heterocycles. The Morgan fingerprint density at radius 1 is 0.512 bits per heavy atom. The van der Waals surface area contributed by atoms with E-state index in [9.17, 15) is 9.90 Å². The molecule has 0 spiro atoms. The summed E-state index contributed by atoms with van der Waals surface area (Å²) in [6, 6.07) is 0. The molecule has 4 heteroatoms. The van der Waals surface area contributed by atoms with Crippen LogP contribution in [0.5, 0.6) is 0 Å². The van der Waals surface area contributed by atoms with Crippen molar-refractivity contribution in [3.8, 4) is 0 Å². The third-order valence-corrected chi connectivity index (χ3v) is 9.73. The first-order chi connectivity index (χ1) is 19.8. The van der Waals surface area contributed by atoms with Gasteiger partial charge >= 0.3 is 0 Å². The van der Waals surface area contributed by atoms with E-state index in [2.05, 4.69) is 35.0 Å². The molecule has 0 aliphatic carbocycles. The van der Waals surface area contributed by atoms with Gasteiger partial charge in [-0.25, -0.2) is 0 Å². The summed E-state index contributed by atoms with van der Waals surface area (Å²) in [5.74, 6) is -0.387. The summed E-state index contributed by atoms with van der Waals surface area (Å²) in [7, 11) is 6.89. The van der Waals surface area contributed by atoms with Gasteiger partial charge in [0.2, 0.25) is 0 Å². The van der Waals surface area contributed by atoms with Gasteiger partial charge in [-0.15, -0.1) is 0 Å². The summed E-state index contributed by atoms with van der Waals surface area (Å²) in [6.45, 7) is 5.21. The molecule has 0 radical (unpaired) electrons. The number of carbonyl (C=O) groups is 1. The van der Waals surface area contributed by atoms with Gasteiger partial charge in [-0.05, 0) is 30.1 Å². The van der Waals surface area contributed by atoms with E-state index in [1.54, 1.807) is 0 Å². The van der Waals surface area contributed by atoms with E-state index < -0.39 is 5.85 Å². The van der Waals surface area contributed by atoms with Crippen LogP contribution in [0.3, 0.4) is 0 Å². The predicted molar refractivity (Wildman–Crippen MR) is 185 cm³/mol. The third-order valence-electron chi connectivity index (χ3n) is 8.65. The molecule has 0 heterocycles. The average Bonchev–Trinajstić information content (AvgIpc) is 2.91. The molecule has 0 aromatic carbocycles. The molecule has 2 atom stereocenters. The molecule has 0 fully saturated rings. The van der Waals surface area contributed by atoms with Gasteiger partial charge in [0.05, 0.1) is 27.7 Å². The normalized spacial score (nSPS) is 13.8. The Hall–Kier alpha value is 0.0200. The minimum absolute atomic E-state index is 0.152. The maximum absolute atomic E-state index is 13.2. The molecular weight excluding hydrogens is 521 g/mol. The van der Waals surface area contributed by atoms with Crippen LogP contribution in [0, 0.1) is 5.92 Å². The maximum Gasteiger partial charge on any atom is 0.0774 e. The van der Waals surface area contributed by atoms with Gasteiger partial charge < -0.3 is 23.0 Å². The largest absolute Gasteiger partial charge is 0.427 e. The highest BCUT2D eigenvalue weighted by atomic mass is 31.1. The second-order valence-corrected chi connectivity index (χ2v) is 15.5. The average molecular weight is 598 g/mol. The van der Waals surface area contributed by atoms with Crippen molar-refractivity contribution in [1.82, 2.24) is 0 Å². The van der Waals surface area contributed by atoms with Gasteiger partial charge in [0.15, 0.2) is 0 Å². The minimum Gasteiger partial charge on any atom is -0.427 e. The van der Waals surface area contributed by atoms with Crippen LogP contribution in [-0.2, 0) is 4.79 Å². The van der Waals surface area contributed by atoms with E-state index in [-0.39, 0.29) is 5.92 Å². The second kappa shape index (κ2) is 30.1. The molecule has 0 aromatic heterocycles. The van der Waals surface area contributed by atoms with Gasteiger partial charge in [0.25, 0.3) is 0 Å². The fourth-order valence-corrected chi connectivity index (χ4v) is 7.33. The van der Waals surface area contributed by atoms with E-state index in [0.29, 0.717) is 25.1 Å². The molecule has 0 rings (SSSR count). The summed E-state index contributed by atoms with van der Waals surface area (Å²) in [5, 5.41) is 10.5. The standard InChI is InChI=1S/C37H76NO2P/c1-6-8-10-12-14-16-18-20-21-23-25-27-29-31-33-35(37(40)41-36(39)34-38(3,4)5)32-30-28-26-24-22-19-17-15-13-11-9-7-2/h35-36,39H,6-34H2,1-5H3. The number of rotatable bonds is 33. The fraction of sp³-hybridized carbons (Fsp3) is 0.973. The number of quaternary nitrogens is 1. The van der Waals surface area contributed by atoms with Crippen LogP contribution in [0.15, 0.2) is 0 Å². The zero-order chi connectivity index (χ0) is 30.4. The van der Waals surface area contributed by atoms with Crippen LogP contribution >= 0.6 is 8.58 Å². The van der Waals surface area contributed by atoms with Crippen molar-refractivity contribution in [1.29, 1.82) is 0 Å². The number of unbranched alkanes of at least 4 members (excludes halogenated alkanes) is 24. The number of carbonyl (C=O) groups excluding carboxylic acids is 1. The van der Waals surface area contributed by atoms with Gasteiger partial charge in [-0.2, -0.15) is 0 Å². The highest BCUT2D eigenvalue weighted by Crippen LogP contribution is 2.30. The molecule has 0 aliphatic rings. The lowest BCUT2D eigenvalue weighted by Crippen LogP contribution is -2.40. The highest BCUT2D eigenvalue weighted by Gasteiger charge is 2.15. The van der Waals surface area contributed by atoms with E-state index in [1.807, 2.05) is 0 Å². The quantitative estimate of drug-likeness (QED) is 0.0464. The smallest absolute Gasteiger partial charge is 0.0774 e. The zero-order valence-electron chi connectivity index (χ0n) is 28.9. The van der Waals surface area contributed by atoms with Crippen molar-refractivity contribution >= 4 is 14.1 Å². The molecule has 0 aliphatic heterocycles. The summed E-state index contributed by atoms with van der Waals surface area (Å²) in [4.78, 5) is 13.2. The van der Waals surface area contributed by atoms with Crippen LogP contribution in [-0.4, -0.2) is 48.6 Å². The van der Waals surface area contributed by atoms with Crippen LogP contribution in [0.1, 0.15) is 194 Å². The lowest BCUT2D eigenvalue weighted by Gasteiger charge is -2.34. The van der Waals surface area contributed by atoms with Crippen LogP contribution in [0.4, 0.5) is 0 Å². The minimum atomic E-state index is -0.539. The van der Waals surface area contributed by atoms with E-state index in [4.69, 9.17) is 0 Å². The zero-order valence-corrected chi connectivity index (χ0v) is 29.8. The number of hydrogen-bond acceptors (Lipinski definition) is 2. The molecule has 41 heavy (non-hydrogen) atoms. The Morgan fingerprint density at radius 2 is 0.780 bits per heavy atom. The van der Waals surface area contributed by atoms with Gasteiger partial charge in [0, 0.05) is 0 Å². The van der Waals surface area contributed by atoms with Crippen molar-refractivity contribution in [2.45, 2.75) is 199 Å². The Balaban J connectivity index is 4.09. The van der Waals surface area contributed by atoms with Crippen LogP contribution < -0.4 is 0 Å². The lowest BCUT2D eigenvalue weighted by molar-refractivity contribution is -0.871. The van der Waals surface area contributed by atoms with Crippen molar-refractivity contribution in [3.05, 3.63) is 0 Å². The van der Waals surface area contributed by atoms with E-state index in [0.717, 1.165) is 12.8 Å². The van der Waals surface area contributed by atoms with E-state index >= 15 is 0 Å². The number of hydrogen-bond donors (Lipinski definition) is 1. The lowest BCUT2D eigenvalue weighted by atomic mass is 9.95. The molecule has 3 nitrogen and oxygen atoms in total. The molecule has 246 valence electrons. The monoisotopic (exact) mass is 598 g/mol. The molecule has 1 N–H and O–H groups in total. The predicted octanol–water partition coefficient (Wildman–Crippen LogP) is 12.1. The number of aliphatic hydroxyl groups excluding tert-OH is 1. The first-order valence-electron chi connectivity index (χ1n) is 18.5. The topological polar surface area (TPSA) is 37.3 Å². The van der Waals surface area contributed by atoms with Crippen molar-refractivity contribution in [2.75, 3.05) is 27.7 Å². The fourth-order valence-electron chi connectivity index (χ4n) is 5.99. The molecule has 0 amide bonds. The Kier molecular flexibility index (Phi) is 30.1. The molecular formula is C37H76NO2P. The van der Waals surface area contributed by atoms with Crippen molar-refractivity contribution in [3.63, 3.8) is 0 Å².